The van der Waals surface area contributed by atoms with Crippen LogP contribution in [0.4, 0.5) is 0 Å². The molecule has 0 atom stereocenters. The maximum Gasteiger partial charge on any atom is 0.0666 e. The monoisotopic (exact) mass is 203 g/mol. The van der Waals surface area contributed by atoms with Crippen LogP contribution in [0.1, 0.15) is 24.0 Å². The van der Waals surface area contributed by atoms with Gasteiger partial charge in [-0.1, -0.05) is 35.9 Å². The molecule has 1 aliphatic carbocycles. The summed E-state index contributed by atoms with van der Waals surface area (Å²) < 4.78 is 0. The van der Waals surface area contributed by atoms with Gasteiger partial charge in [0.25, 0.3) is 0 Å². The number of fused-ring (bicyclic) bond motifs is 1. The van der Waals surface area contributed by atoms with Gasteiger partial charge in [0.2, 0.25) is 0 Å². The number of aryl methyl sites for hydroxylation is 1. The standard InChI is InChI=1S/C12H10ClN/c13-12-10(7-8-14)6-5-9-3-1-2-4-11(9)12/h1-4H,5-7H2. The fourth-order valence-electron chi connectivity index (χ4n) is 1.80. The molecule has 0 heterocycles. The van der Waals surface area contributed by atoms with Gasteiger partial charge in [-0.25, -0.2) is 0 Å². The molecule has 2 heteroatoms. The molecule has 0 saturated heterocycles. The molecule has 1 aromatic carbocycles. The van der Waals surface area contributed by atoms with Crippen molar-refractivity contribution in [3.05, 3.63) is 41.0 Å². The van der Waals surface area contributed by atoms with Crippen LogP contribution in [0.2, 0.25) is 0 Å². The minimum absolute atomic E-state index is 0.452. The number of nitrogens with zero attached hydrogens (tertiary/aromatic N) is 1. The van der Waals surface area contributed by atoms with Gasteiger partial charge in [0.15, 0.2) is 0 Å². The molecule has 1 aromatic rings. The lowest BCUT2D eigenvalue weighted by molar-refractivity contribution is 0.899. The second kappa shape index (κ2) is 3.86. The van der Waals surface area contributed by atoms with Crippen LogP contribution in [0.25, 0.3) is 5.03 Å². The summed E-state index contributed by atoms with van der Waals surface area (Å²) in [7, 11) is 0. The van der Waals surface area contributed by atoms with E-state index in [1.165, 1.54) is 5.56 Å². The third kappa shape index (κ3) is 1.54. The molecule has 0 saturated carbocycles. The van der Waals surface area contributed by atoms with Gasteiger partial charge in [0.1, 0.15) is 0 Å². The Morgan fingerprint density at radius 2 is 2.07 bits per heavy atom. The fraction of sp³-hybridized carbons (Fsp3) is 0.250. The molecule has 1 nitrogen and oxygen atoms in total. The number of benzene rings is 1. The molecule has 0 aliphatic heterocycles. The highest BCUT2D eigenvalue weighted by molar-refractivity contribution is 6.49. The van der Waals surface area contributed by atoms with Gasteiger partial charge in [0, 0.05) is 5.03 Å². The van der Waals surface area contributed by atoms with Crippen LogP contribution >= 0.6 is 11.6 Å². The Balaban J connectivity index is 2.47. The summed E-state index contributed by atoms with van der Waals surface area (Å²) >= 11 is 6.22. The normalized spacial score (nSPS) is 14.9. The van der Waals surface area contributed by atoms with Gasteiger partial charge >= 0.3 is 0 Å². The molecule has 0 radical (unpaired) electrons. The summed E-state index contributed by atoms with van der Waals surface area (Å²) in [6.45, 7) is 0. The number of hydrogen-bond donors (Lipinski definition) is 0. The molecule has 1 aliphatic rings. The molecule has 0 spiro atoms. The minimum atomic E-state index is 0.452. The van der Waals surface area contributed by atoms with Gasteiger partial charge in [-0.15, -0.1) is 0 Å². The van der Waals surface area contributed by atoms with E-state index in [0.717, 1.165) is 29.0 Å². The van der Waals surface area contributed by atoms with E-state index in [2.05, 4.69) is 12.1 Å². The average molecular weight is 204 g/mol. The molecule has 70 valence electrons. The van der Waals surface area contributed by atoms with E-state index in [1.54, 1.807) is 0 Å². The van der Waals surface area contributed by atoms with E-state index in [-0.39, 0.29) is 0 Å². The maximum absolute atomic E-state index is 8.64. The van der Waals surface area contributed by atoms with Crippen LogP contribution in [0.5, 0.6) is 0 Å². The zero-order valence-corrected chi connectivity index (χ0v) is 8.51. The van der Waals surface area contributed by atoms with E-state index < -0.39 is 0 Å². The summed E-state index contributed by atoms with van der Waals surface area (Å²) in [5.74, 6) is 0. The minimum Gasteiger partial charge on any atom is -0.198 e. The van der Waals surface area contributed by atoms with Crippen LogP contribution in [0.15, 0.2) is 29.8 Å². The number of nitriles is 1. The summed E-state index contributed by atoms with van der Waals surface area (Å²) in [5, 5.41) is 9.43. The van der Waals surface area contributed by atoms with Gasteiger partial charge in [-0.3, -0.25) is 0 Å². The van der Waals surface area contributed by atoms with Crippen LogP contribution < -0.4 is 0 Å². The second-order valence-corrected chi connectivity index (χ2v) is 3.79. The Morgan fingerprint density at radius 3 is 2.86 bits per heavy atom. The van der Waals surface area contributed by atoms with E-state index >= 15 is 0 Å². The Labute approximate surface area is 88.6 Å². The first kappa shape index (κ1) is 9.30. The van der Waals surface area contributed by atoms with Crippen molar-refractivity contribution >= 4 is 16.6 Å². The fourth-order valence-corrected chi connectivity index (χ4v) is 2.15. The van der Waals surface area contributed by atoms with E-state index in [0.29, 0.717) is 6.42 Å². The topological polar surface area (TPSA) is 23.8 Å². The smallest absolute Gasteiger partial charge is 0.0666 e. The molecular formula is C12H10ClN. The molecular weight excluding hydrogens is 194 g/mol. The van der Waals surface area contributed by atoms with Crippen molar-refractivity contribution < 1.29 is 0 Å². The van der Waals surface area contributed by atoms with Crippen LogP contribution in [0.3, 0.4) is 0 Å². The van der Waals surface area contributed by atoms with E-state index in [9.17, 15) is 0 Å². The van der Waals surface area contributed by atoms with Crippen molar-refractivity contribution in [1.29, 1.82) is 5.26 Å². The zero-order chi connectivity index (χ0) is 9.97. The number of rotatable bonds is 1. The lowest BCUT2D eigenvalue weighted by Crippen LogP contribution is -2.01. The second-order valence-electron chi connectivity index (χ2n) is 3.41. The Morgan fingerprint density at radius 1 is 1.29 bits per heavy atom. The molecule has 14 heavy (non-hydrogen) atoms. The van der Waals surface area contributed by atoms with Crippen molar-refractivity contribution in [3.8, 4) is 6.07 Å². The third-order valence-electron chi connectivity index (χ3n) is 2.55. The van der Waals surface area contributed by atoms with Crippen LogP contribution in [-0.4, -0.2) is 0 Å². The first-order valence-corrected chi connectivity index (χ1v) is 5.03. The predicted octanol–water partition coefficient (Wildman–Crippen LogP) is 3.50. The Bertz CT molecular complexity index is 426. The average Bonchev–Trinajstić information content (AvgIpc) is 2.23. The summed E-state index contributed by atoms with van der Waals surface area (Å²) in [6, 6.07) is 10.3. The quantitative estimate of drug-likeness (QED) is 0.686. The van der Waals surface area contributed by atoms with Gasteiger partial charge in [0.05, 0.1) is 12.5 Å². The Kier molecular flexibility index (Phi) is 2.56. The Hall–Kier alpha value is -1.26. The molecule has 0 fully saturated rings. The largest absolute Gasteiger partial charge is 0.198 e. The van der Waals surface area contributed by atoms with Gasteiger partial charge in [-0.2, -0.15) is 5.26 Å². The number of halogens is 1. The number of hydrogen-bond acceptors (Lipinski definition) is 1. The molecule has 0 aromatic heterocycles. The van der Waals surface area contributed by atoms with Crippen molar-refractivity contribution in [1.82, 2.24) is 0 Å². The lowest BCUT2D eigenvalue weighted by Gasteiger charge is -2.17. The van der Waals surface area contributed by atoms with Gasteiger partial charge in [-0.05, 0) is 29.5 Å². The molecule has 0 N–H and O–H groups in total. The van der Waals surface area contributed by atoms with E-state index in [4.69, 9.17) is 16.9 Å². The first-order valence-electron chi connectivity index (χ1n) is 4.65. The van der Waals surface area contributed by atoms with Gasteiger partial charge < -0.3 is 0 Å². The first-order chi connectivity index (χ1) is 6.83. The summed E-state index contributed by atoms with van der Waals surface area (Å²) in [5.41, 5.74) is 3.47. The van der Waals surface area contributed by atoms with Crippen LogP contribution in [0, 0.1) is 11.3 Å². The number of allylic oxidation sites excluding steroid dienone is 1. The SMILES string of the molecule is N#CCC1=C(Cl)c2ccccc2CC1. The maximum atomic E-state index is 8.64. The highest BCUT2D eigenvalue weighted by Crippen LogP contribution is 2.34. The molecule has 0 unspecified atom stereocenters. The van der Waals surface area contributed by atoms with Crippen molar-refractivity contribution in [2.75, 3.05) is 0 Å². The molecule has 0 bridgehead atoms. The van der Waals surface area contributed by atoms with Crippen molar-refractivity contribution in [2.45, 2.75) is 19.3 Å². The van der Waals surface area contributed by atoms with Crippen molar-refractivity contribution in [3.63, 3.8) is 0 Å². The highest BCUT2D eigenvalue weighted by atomic mass is 35.5. The lowest BCUT2D eigenvalue weighted by atomic mass is 9.91. The summed E-state index contributed by atoms with van der Waals surface area (Å²) in [4.78, 5) is 0. The third-order valence-corrected chi connectivity index (χ3v) is 3.02. The zero-order valence-electron chi connectivity index (χ0n) is 7.76. The predicted molar refractivity (Wildman–Crippen MR) is 57.8 cm³/mol. The highest BCUT2D eigenvalue weighted by Gasteiger charge is 2.16. The van der Waals surface area contributed by atoms with Crippen LogP contribution in [-0.2, 0) is 6.42 Å². The van der Waals surface area contributed by atoms with Crippen molar-refractivity contribution in [2.24, 2.45) is 0 Å². The van der Waals surface area contributed by atoms with E-state index in [1.807, 2.05) is 18.2 Å². The molecule has 0 amide bonds. The summed E-state index contributed by atoms with van der Waals surface area (Å²) in [6.07, 6.45) is 2.37. The molecule has 2 rings (SSSR count).